The molecule has 11 nitrogen and oxygen atoms in total. The number of hydrogen-bond donors (Lipinski definition) is 4. The molecule has 0 aromatic carbocycles. The predicted molar refractivity (Wildman–Crippen MR) is 89.2 cm³/mol. The fourth-order valence-corrected chi connectivity index (χ4v) is 2.35. The minimum atomic E-state index is -1.15. The van der Waals surface area contributed by atoms with Crippen LogP contribution in [0.2, 0.25) is 0 Å². The first kappa shape index (κ1) is 17.0. The van der Waals surface area contributed by atoms with Gasteiger partial charge in [0, 0.05) is 12.6 Å². The van der Waals surface area contributed by atoms with E-state index in [0.717, 1.165) is 6.20 Å². The zero-order chi connectivity index (χ0) is 18.8. The molecule has 0 aliphatic heterocycles. The molecule has 3 rings (SSSR count). The number of carbonyl (C=O) groups is 2. The number of carboxylic acids is 2. The second-order valence-electron chi connectivity index (χ2n) is 5.37. The quantitative estimate of drug-likeness (QED) is 0.484. The van der Waals surface area contributed by atoms with Crippen LogP contribution in [0.1, 0.15) is 27.7 Å². The standard InChI is InChI=1S/C15H13N7O4/c16-11-10-12(22-15(17)21-11)19-5-7(20-10)3-8(14(25)26)9-2-1-6(4-18-9)13(23)24/h1-2,4-5,8H,3H2,(H,23,24)(H,25,26)(H4,16,17,19,21,22). The number of anilines is 2. The first-order valence-electron chi connectivity index (χ1n) is 7.32. The number of fused-ring (bicyclic) bond motifs is 1. The van der Waals surface area contributed by atoms with Gasteiger partial charge in [-0.3, -0.25) is 9.78 Å². The number of rotatable bonds is 5. The summed E-state index contributed by atoms with van der Waals surface area (Å²) in [5, 5.41) is 18.4. The Morgan fingerprint density at radius 1 is 1.04 bits per heavy atom. The second-order valence-corrected chi connectivity index (χ2v) is 5.37. The average molecular weight is 355 g/mol. The fraction of sp³-hybridized carbons (Fsp3) is 0.133. The number of hydrogen-bond acceptors (Lipinski definition) is 9. The van der Waals surface area contributed by atoms with Crippen molar-refractivity contribution in [2.24, 2.45) is 0 Å². The van der Waals surface area contributed by atoms with Gasteiger partial charge in [0.15, 0.2) is 17.0 Å². The van der Waals surface area contributed by atoms with E-state index in [1.165, 1.54) is 18.3 Å². The van der Waals surface area contributed by atoms with Crippen molar-refractivity contribution < 1.29 is 19.8 Å². The summed E-state index contributed by atoms with van der Waals surface area (Å²) in [6.07, 6.45) is 2.45. The molecule has 0 aliphatic rings. The topological polar surface area (TPSA) is 191 Å². The molecular formula is C15H13N7O4. The van der Waals surface area contributed by atoms with E-state index < -0.39 is 17.9 Å². The van der Waals surface area contributed by atoms with Crippen molar-refractivity contribution in [2.75, 3.05) is 11.5 Å². The third kappa shape index (κ3) is 3.31. The van der Waals surface area contributed by atoms with Gasteiger partial charge in [-0.15, -0.1) is 0 Å². The van der Waals surface area contributed by atoms with Crippen molar-refractivity contribution >= 4 is 34.9 Å². The Bertz CT molecular complexity index is 1010. The van der Waals surface area contributed by atoms with Gasteiger partial charge in [-0.05, 0) is 12.1 Å². The lowest BCUT2D eigenvalue weighted by molar-refractivity contribution is -0.138. The Kier molecular flexibility index (Phi) is 4.27. The maximum Gasteiger partial charge on any atom is 0.337 e. The molecule has 132 valence electrons. The summed E-state index contributed by atoms with van der Waals surface area (Å²) in [7, 11) is 0. The van der Waals surface area contributed by atoms with Crippen LogP contribution in [0.4, 0.5) is 11.8 Å². The highest BCUT2D eigenvalue weighted by molar-refractivity contribution is 5.87. The minimum absolute atomic E-state index is 0.0263. The molecule has 0 radical (unpaired) electrons. The molecule has 1 unspecified atom stereocenters. The minimum Gasteiger partial charge on any atom is -0.481 e. The average Bonchev–Trinajstić information content (AvgIpc) is 2.59. The smallest absolute Gasteiger partial charge is 0.337 e. The Morgan fingerprint density at radius 3 is 2.42 bits per heavy atom. The Hall–Kier alpha value is -3.89. The number of aromatic nitrogens is 5. The van der Waals surface area contributed by atoms with E-state index in [1.807, 2.05) is 0 Å². The van der Waals surface area contributed by atoms with Crippen molar-refractivity contribution in [3.8, 4) is 0 Å². The lowest BCUT2D eigenvalue weighted by atomic mass is 9.98. The maximum absolute atomic E-state index is 11.6. The van der Waals surface area contributed by atoms with Crippen LogP contribution in [0.3, 0.4) is 0 Å². The molecule has 3 heterocycles. The van der Waals surface area contributed by atoms with Gasteiger partial charge in [-0.2, -0.15) is 9.97 Å². The van der Waals surface area contributed by atoms with E-state index in [-0.39, 0.29) is 40.6 Å². The van der Waals surface area contributed by atoms with E-state index >= 15 is 0 Å². The molecule has 0 saturated heterocycles. The third-order valence-electron chi connectivity index (χ3n) is 3.60. The SMILES string of the molecule is Nc1nc(N)c2nc(CC(C(=O)O)c3ccc(C(=O)O)cn3)cnc2n1. The molecule has 11 heteroatoms. The van der Waals surface area contributed by atoms with Crippen molar-refractivity contribution in [3.05, 3.63) is 41.5 Å². The summed E-state index contributed by atoms with van der Waals surface area (Å²) in [6.45, 7) is 0. The number of nitrogens with zero attached hydrogens (tertiary/aromatic N) is 5. The van der Waals surface area contributed by atoms with Gasteiger partial charge < -0.3 is 21.7 Å². The highest BCUT2D eigenvalue weighted by Gasteiger charge is 2.23. The van der Waals surface area contributed by atoms with Crippen LogP contribution in [-0.4, -0.2) is 47.1 Å². The van der Waals surface area contributed by atoms with Crippen molar-refractivity contribution in [2.45, 2.75) is 12.3 Å². The molecular weight excluding hydrogens is 342 g/mol. The van der Waals surface area contributed by atoms with Crippen LogP contribution < -0.4 is 11.5 Å². The van der Waals surface area contributed by atoms with E-state index in [1.54, 1.807) is 0 Å². The van der Waals surface area contributed by atoms with E-state index in [2.05, 4.69) is 24.9 Å². The molecule has 0 spiro atoms. The van der Waals surface area contributed by atoms with E-state index in [0.29, 0.717) is 5.69 Å². The highest BCUT2D eigenvalue weighted by Crippen LogP contribution is 2.21. The molecule has 3 aromatic heterocycles. The third-order valence-corrected chi connectivity index (χ3v) is 3.60. The van der Waals surface area contributed by atoms with Crippen molar-refractivity contribution in [1.29, 1.82) is 0 Å². The van der Waals surface area contributed by atoms with Crippen LogP contribution in [0, 0.1) is 0 Å². The number of aliphatic carboxylic acids is 1. The highest BCUT2D eigenvalue weighted by atomic mass is 16.4. The fourth-order valence-electron chi connectivity index (χ4n) is 2.35. The van der Waals surface area contributed by atoms with Gasteiger partial charge in [0.25, 0.3) is 0 Å². The second kappa shape index (κ2) is 6.55. The van der Waals surface area contributed by atoms with Crippen LogP contribution >= 0.6 is 0 Å². The number of nitrogens with two attached hydrogens (primary N) is 2. The summed E-state index contributed by atoms with van der Waals surface area (Å²) < 4.78 is 0. The zero-order valence-electron chi connectivity index (χ0n) is 13.2. The predicted octanol–water partition coefficient (Wildman–Crippen LogP) is 0.0883. The molecule has 0 bridgehead atoms. The molecule has 6 N–H and O–H groups in total. The molecule has 3 aromatic rings. The zero-order valence-corrected chi connectivity index (χ0v) is 13.2. The lowest BCUT2D eigenvalue weighted by Crippen LogP contribution is -2.17. The van der Waals surface area contributed by atoms with Crippen LogP contribution in [0.25, 0.3) is 11.2 Å². The van der Waals surface area contributed by atoms with Crippen LogP contribution in [-0.2, 0) is 11.2 Å². The van der Waals surface area contributed by atoms with E-state index in [4.69, 9.17) is 16.6 Å². The number of carboxylic acid groups (broad SMARTS) is 2. The largest absolute Gasteiger partial charge is 0.481 e. The number of aromatic carboxylic acids is 1. The summed E-state index contributed by atoms with van der Waals surface area (Å²) in [5.41, 5.74) is 12.2. The first-order chi connectivity index (χ1) is 12.3. The Morgan fingerprint density at radius 2 is 1.81 bits per heavy atom. The van der Waals surface area contributed by atoms with Crippen molar-refractivity contribution in [1.82, 2.24) is 24.9 Å². The van der Waals surface area contributed by atoms with Crippen LogP contribution in [0.5, 0.6) is 0 Å². The van der Waals surface area contributed by atoms with E-state index in [9.17, 15) is 14.7 Å². The Balaban J connectivity index is 1.94. The van der Waals surface area contributed by atoms with Gasteiger partial charge in [0.2, 0.25) is 5.95 Å². The lowest BCUT2D eigenvalue weighted by Gasteiger charge is -2.12. The summed E-state index contributed by atoms with van der Waals surface area (Å²) in [6, 6.07) is 2.65. The van der Waals surface area contributed by atoms with Crippen molar-refractivity contribution in [3.63, 3.8) is 0 Å². The summed E-state index contributed by atoms with van der Waals surface area (Å²) >= 11 is 0. The van der Waals surface area contributed by atoms with Gasteiger partial charge >= 0.3 is 11.9 Å². The van der Waals surface area contributed by atoms with Gasteiger partial charge in [0.05, 0.1) is 23.1 Å². The molecule has 0 fully saturated rings. The summed E-state index contributed by atoms with van der Waals surface area (Å²) in [5.74, 6) is -3.32. The van der Waals surface area contributed by atoms with Gasteiger partial charge in [0.1, 0.15) is 5.92 Å². The Labute approximate surface area is 145 Å². The first-order valence-corrected chi connectivity index (χ1v) is 7.32. The monoisotopic (exact) mass is 355 g/mol. The van der Waals surface area contributed by atoms with Crippen LogP contribution in [0.15, 0.2) is 24.5 Å². The number of nitrogen functional groups attached to an aromatic ring is 2. The number of pyridine rings is 1. The molecule has 0 saturated carbocycles. The maximum atomic E-state index is 11.6. The molecule has 1 atom stereocenters. The molecule has 0 amide bonds. The summed E-state index contributed by atoms with van der Waals surface area (Å²) in [4.78, 5) is 42.5. The molecule has 26 heavy (non-hydrogen) atoms. The van der Waals surface area contributed by atoms with Gasteiger partial charge in [-0.25, -0.2) is 14.8 Å². The normalized spacial score (nSPS) is 12.0. The molecule has 0 aliphatic carbocycles. The van der Waals surface area contributed by atoms with Gasteiger partial charge in [-0.1, -0.05) is 0 Å².